The third-order valence-corrected chi connectivity index (χ3v) is 2.05. The molecule has 0 unspecified atom stereocenters. The Morgan fingerprint density at radius 2 is 2.20 bits per heavy atom. The van der Waals surface area contributed by atoms with E-state index in [2.05, 4.69) is 16.5 Å². The molecular formula is C11H16FN3. The Kier molecular flexibility index (Phi) is 3.77. The van der Waals surface area contributed by atoms with E-state index in [4.69, 9.17) is 0 Å². The predicted molar refractivity (Wildman–Crippen MR) is 59.5 cm³/mol. The summed E-state index contributed by atoms with van der Waals surface area (Å²) in [6.45, 7) is 8.15. The lowest BCUT2D eigenvalue weighted by Gasteiger charge is -2.19. The van der Waals surface area contributed by atoms with Crippen molar-refractivity contribution in [3.8, 4) is 0 Å². The Labute approximate surface area is 89.7 Å². The minimum atomic E-state index is -0.330. The standard InChI is InChI=1S/C11H16FN3/c1-5-9-10(12)11(14-7-13-9)15(4)6-8(2)3/h7H,2,5-6H2,1,3-4H3. The summed E-state index contributed by atoms with van der Waals surface area (Å²) in [5.74, 6) is 0.00796. The fourth-order valence-electron chi connectivity index (χ4n) is 1.39. The first kappa shape index (κ1) is 11.6. The van der Waals surface area contributed by atoms with Gasteiger partial charge in [0.15, 0.2) is 11.6 Å². The number of likely N-dealkylation sites (N-methyl/N-ethyl adjacent to an activating group) is 1. The van der Waals surface area contributed by atoms with E-state index in [0.717, 1.165) is 5.57 Å². The second kappa shape index (κ2) is 4.87. The van der Waals surface area contributed by atoms with Crippen LogP contribution in [0.1, 0.15) is 19.5 Å². The highest BCUT2D eigenvalue weighted by Gasteiger charge is 2.13. The maximum atomic E-state index is 13.8. The van der Waals surface area contributed by atoms with Crippen LogP contribution in [0.2, 0.25) is 0 Å². The van der Waals surface area contributed by atoms with Gasteiger partial charge in [-0.1, -0.05) is 19.1 Å². The van der Waals surface area contributed by atoms with Gasteiger partial charge in [-0.05, 0) is 13.3 Å². The molecule has 0 radical (unpaired) electrons. The van der Waals surface area contributed by atoms with Crippen molar-refractivity contribution in [2.24, 2.45) is 0 Å². The molecule has 3 nitrogen and oxygen atoms in total. The van der Waals surface area contributed by atoms with E-state index < -0.39 is 0 Å². The molecule has 0 aliphatic carbocycles. The van der Waals surface area contributed by atoms with Crippen molar-refractivity contribution in [1.82, 2.24) is 9.97 Å². The molecule has 1 heterocycles. The molecule has 1 aromatic rings. The van der Waals surface area contributed by atoms with Crippen LogP contribution < -0.4 is 4.90 Å². The summed E-state index contributed by atoms with van der Waals surface area (Å²) in [6.07, 6.45) is 1.97. The first-order valence-electron chi connectivity index (χ1n) is 4.91. The molecule has 0 atom stereocenters. The number of hydrogen-bond donors (Lipinski definition) is 0. The van der Waals surface area contributed by atoms with Crippen LogP contribution in [0.3, 0.4) is 0 Å². The molecule has 0 aromatic carbocycles. The second-order valence-corrected chi connectivity index (χ2v) is 3.62. The van der Waals surface area contributed by atoms with Crippen molar-refractivity contribution < 1.29 is 4.39 Å². The number of aromatic nitrogens is 2. The highest BCUT2D eigenvalue weighted by Crippen LogP contribution is 2.17. The van der Waals surface area contributed by atoms with Gasteiger partial charge in [-0.3, -0.25) is 0 Å². The van der Waals surface area contributed by atoms with E-state index in [1.807, 2.05) is 13.8 Å². The maximum absolute atomic E-state index is 13.8. The maximum Gasteiger partial charge on any atom is 0.187 e. The molecule has 0 aliphatic heterocycles. The Morgan fingerprint density at radius 1 is 1.53 bits per heavy atom. The van der Waals surface area contributed by atoms with Crippen LogP contribution in [-0.2, 0) is 6.42 Å². The lowest BCUT2D eigenvalue weighted by Crippen LogP contribution is -2.22. The topological polar surface area (TPSA) is 29.0 Å². The fourth-order valence-corrected chi connectivity index (χ4v) is 1.39. The first-order valence-corrected chi connectivity index (χ1v) is 4.91. The van der Waals surface area contributed by atoms with Crippen LogP contribution in [0.25, 0.3) is 0 Å². The molecule has 0 spiro atoms. The summed E-state index contributed by atoms with van der Waals surface area (Å²) in [5, 5.41) is 0. The zero-order valence-corrected chi connectivity index (χ0v) is 9.42. The third-order valence-electron chi connectivity index (χ3n) is 2.05. The number of hydrogen-bond acceptors (Lipinski definition) is 3. The first-order chi connectivity index (χ1) is 7.06. The minimum absolute atomic E-state index is 0.330. The van der Waals surface area contributed by atoms with Gasteiger partial charge in [-0.15, -0.1) is 0 Å². The molecule has 82 valence electrons. The van der Waals surface area contributed by atoms with Gasteiger partial charge in [0.1, 0.15) is 6.33 Å². The third kappa shape index (κ3) is 2.75. The molecule has 0 aliphatic rings. The predicted octanol–water partition coefficient (Wildman–Crippen LogP) is 2.19. The lowest BCUT2D eigenvalue weighted by molar-refractivity contribution is 0.590. The van der Waals surface area contributed by atoms with Crippen LogP contribution >= 0.6 is 0 Å². The van der Waals surface area contributed by atoms with Crippen LogP contribution in [0.5, 0.6) is 0 Å². The molecule has 4 heteroatoms. The van der Waals surface area contributed by atoms with Crippen LogP contribution in [0, 0.1) is 5.82 Å². The van der Waals surface area contributed by atoms with Crippen molar-refractivity contribution in [2.75, 3.05) is 18.5 Å². The molecule has 0 amide bonds. The highest BCUT2D eigenvalue weighted by atomic mass is 19.1. The van der Waals surface area contributed by atoms with Gasteiger partial charge < -0.3 is 4.90 Å². The normalized spacial score (nSPS) is 10.1. The number of rotatable bonds is 4. The number of halogens is 1. The summed E-state index contributed by atoms with van der Waals surface area (Å²) in [7, 11) is 1.79. The molecule has 1 aromatic heterocycles. The number of aryl methyl sites for hydroxylation is 1. The van der Waals surface area contributed by atoms with Crippen LogP contribution in [0.4, 0.5) is 10.2 Å². The van der Waals surface area contributed by atoms with Gasteiger partial charge >= 0.3 is 0 Å². The van der Waals surface area contributed by atoms with E-state index in [9.17, 15) is 4.39 Å². The molecule has 0 fully saturated rings. The quantitative estimate of drug-likeness (QED) is 0.712. The minimum Gasteiger partial charge on any atom is -0.353 e. The van der Waals surface area contributed by atoms with Crippen molar-refractivity contribution >= 4 is 5.82 Å². The molecule has 1 rings (SSSR count). The van der Waals surface area contributed by atoms with Gasteiger partial charge in [-0.25, -0.2) is 14.4 Å². The van der Waals surface area contributed by atoms with Gasteiger partial charge in [0.2, 0.25) is 0 Å². The molecule has 0 saturated heterocycles. The number of nitrogens with zero attached hydrogens (tertiary/aromatic N) is 3. The summed E-state index contributed by atoms with van der Waals surface area (Å²) < 4.78 is 13.8. The Bertz CT molecular complexity index is 363. The van der Waals surface area contributed by atoms with Crippen LogP contribution in [0.15, 0.2) is 18.5 Å². The smallest absolute Gasteiger partial charge is 0.187 e. The summed E-state index contributed by atoms with van der Waals surface area (Å²) in [4.78, 5) is 9.56. The number of anilines is 1. The average Bonchev–Trinajstić information content (AvgIpc) is 2.17. The molecule has 0 N–H and O–H groups in total. The molecule has 15 heavy (non-hydrogen) atoms. The van der Waals surface area contributed by atoms with Crippen molar-refractivity contribution in [3.63, 3.8) is 0 Å². The van der Waals surface area contributed by atoms with E-state index in [0.29, 0.717) is 24.5 Å². The SMILES string of the molecule is C=C(C)CN(C)c1ncnc(CC)c1F. The largest absolute Gasteiger partial charge is 0.353 e. The molecule has 0 bridgehead atoms. The Hall–Kier alpha value is -1.45. The average molecular weight is 209 g/mol. The lowest BCUT2D eigenvalue weighted by atomic mass is 10.2. The monoisotopic (exact) mass is 209 g/mol. The fraction of sp³-hybridized carbons (Fsp3) is 0.455. The zero-order valence-electron chi connectivity index (χ0n) is 9.42. The summed E-state index contributed by atoms with van der Waals surface area (Å²) in [6, 6.07) is 0. The van der Waals surface area contributed by atoms with Crippen LogP contribution in [-0.4, -0.2) is 23.6 Å². The molecule has 0 saturated carbocycles. The van der Waals surface area contributed by atoms with E-state index in [1.165, 1.54) is 6.33 Å². The summed E-state index contributed by atoms with van der Waals surface area (Å²) in [5.41, 5.74) is 1.42. The van der Waals surface area contributed by atoms with Gasteiger partial charge in [0, 0.05) is 13.6 Å². The van der Waals surface area contributed by atoms with E-state index in [1.54, 1.807) is 11.9 Å². The highest BCUT2D eigenvalue weighted by molar-refractivity contribution is 5.41. The van der Waals surface area contributed by atoms with E-state index in [-0.39, 0.29) is 5.82 Å². The molecular weight excluding hydrogens is 193 g/mol. The Balaban J connectivity index is 2.98. The van der Waals surface area contributed by atoms with Gasteiger partial charge in [0.25, 0.3) is 0 Å². The van der Waals surface area contributed by atoms with E-state index >= 15 is 0 Å². The van der Waals surface area contributed by atoms with Gasteiger partial charge in [-0.2, -0.15) is 0 Å². The zero-order chi connectivity index (χ0) is 11.4. The van der Waals surface area contributed by atoms with Crippen molar-refractivity contribution in [1.29, 1.82) is 0 Å². The summed E-state index contributed by atoms with van der Waals surface area (Å²) >= 11 is 0. The van der Waals surface area contributed by atoms with Gasteiger partial charge in [0.05, 0.1) is 5.69 Å². The second-order valence-electron chi connectivity index (χ2n) is 3.62. The van der Waals surface area contributed by atoms with Crippen molar-refractivity contribution in [2.45, 2.75) is 20.3 Å². The van der Waals surface area contributed by atoms with Crippen molar-refractivity contribution in [3.05, 3.63) is 30.0 Å². The Morgan fingerprint density at radius 3 is 2.73 bits per heavy atom.